The van der Waals surface area contributed by atoms with Gasteiger partial charge in [0.1, 0.15) is 11.5 Å². The molecule has 0 saturated carbocycles. The number of carbonyl (C=O) groups is 1. The number of amides is 2. The van der Waals surface area contributed by atoms with Crippen molar-refractivity contribution in [3.63, 3.8) is 0 Å². The first-order chi connectivity index (χ1) is 10.0. The van der Waals surface area contributed by atoms with E-state index in [0.717, 1.165) is 16.9 Å². The molecule has 110 valence electrons. The third kappa shape index (κ3) is 4.42. The van der Waals surface area contributed by atoms with Crippen molar-refractivity contribution in [1.29, 1.82) is 0 Å². The van der Waals surface area contributed by atoms with Crippen LogP contribution in [0.4, 0.5) is 10.5 Å². The zero-order valence-corrected chi connectivity index (χ0v) is 12.0. The number of anilines is 1. The van der Waals surface area contributed by atoms with Crippen molar-refractivity contribution in [2.24, 2.45) is 0 Å². The monoisotopic (exact) mass is 286 g/mol. The molecule has 0 aliphatic carbocycles. The zero-order valence-electron chi connectivity index (χ0n) is 12.0. The highest BCUT2D eigenvalue weighted by atomic mass is 16.5. The molecule has 2 amide bonds. The molecular formula is C16H18N2O3. The van der Waals surface area contributed by atoms with Crippen molar-refractivity contribution in [2.75, 3.05) is 12.0 Å². The fourth-order valence-corrected chi connectivity index (χ4v) is 1.86. The number of carbonyl (C=O) groups excluding carboxylic acids is 1. The van der Waals surface area contributed by atoms with Gasteiger partial charge < -0.3 is 20.5 Å². The summed E-state index contributed by atoms with van der Waals surface area (Å²) >= 11 is 0. The number of rotatable bonds is 4. The Kier molecular flexibility index (Phi) is 4.66. The molecule has 5 heteroatoms. The second-order valence-electron chi connectivity index (χ2n) is 4.74. The molecule has 0 radical (unpaired) electrons. The number of nitrogens with one attached hydrogen (secondary N) is 2. The molecule has 0 bridgehead atoms. The van der Waals surface area contributed by atoms with Crippen molar-refractivity contribution >= 4 is 11.7 Å². The summed E-state index contributed by atoms with van der Waals surface area (Å²) < 4.78 is 5.51. The predicted octanol–water partition coefficient (Wildman–Crippen LogP) is 3.17. The first-order valence-electron chi connectivity index (χ1n) is 6.58. The van der Waals surface area contributed by atoms with E-state index in [1.165, 1.54) is 12.1 Å². The van der Waals surface area contributed by atoms with Crippen molar-refractivity contribution in [3.8, 4) is 11.5 Å². The van der Waals surface area contributed by atoms with Crippen LogP contribution in [0.25, 0.3) is 0 Å². The Morgan fingerprint density at radius 1 is 1.14 bits per heavy atom. The Labute approximate surface area is 123 Å². The van der Waals surface area contributed by atoms with E-state index in [0.29, 0.717) is 5.69 Å². The summed E-state index contributed by atoms with van der Waals surface area (Å²) in [5.74, 6) is 0.893. The number of aromatic hydroxyl groups is 1. The second kappa shape index (κ2) is 6.65. The highest BCUT2D eigenvalue weighted by Gasteiger charge is 2.03. The molecule has 0 heterocycles. The molecule has 0 aromatic heterocycles. The molecule has 0 aliphatic heterocycles. The minimum absolute atomic E-state index is 0.0772. The quantitative estimate of drug-likeness (QED) is 0.597. The van der Waals surface area contributed by atoms with E-state index in [4.69, 9.17) is 9.84 Å². The van der Waals surface area contributed by atoms with Gasteiger partial charge in [0.2, 0.25) is 0 Å². The van der Waals surface area contributed by atoms with E-state index in [-0.39, 0.29) is 18.5 Å². The molecular weight excluding hydrogens is 268 g/mol. The average molecular weight is 286 g/mol. The molecule has 0 fully saturated rings. The van der Waals surface area contributed by atoms with Crippen LogP contribution in [0.3, 0.4) is 0 Å². The van der Waals surface area contributed by atoms with Crippen LogP contribution in [0.15, 0.2) is 42.5 Å². The molecule has 2 aromatic rings. The van der Waals surface area contributed by atoms with Gasteiger partial charge in [-0.1, -0.05) is 17.7 Å². The van der Waals surface area contributed by atoms with Crippen molar-refractivity contribution in [3.05, 3.63) is 53.6 Å². The lowest BCUT2D eigenvalue weighted by atomic mass is 10.1. The van der Waals surface area contributed by atoms with Gasteiger partial charge in [0.05, 0.1) is 0 Å². The SMILES string of the molecule is Cc1ccc(OCNC(=O)Nc2ccc(O)cc2)c(C)c1. The van der Waals surface area contributed by atoms with Crippen molar-refractivity contribution in [2.45, 2.75) is 13.8 Å². The Balaban J connectivity index is 1.80. The molecule has 2 aromatic carbocycles. The summed E-state index contributed by atoms with van der Waals surface area (Å²) in [6.45, 7) is 4.05. The molecule has 0 atom stereocenters. The van der Waals surface area contributed by atoms with Gasteiger partial charge in [-0.25, -0.2) is 4.79 Å². The first kappa shape index (κ1) is 14.7. The van der Waals surface area contributed by atoms with Crippen LogP contribution in [0.1, 0.15) is 11.1 Å². The molecule has 21 heavy (non-hydrogen) atoms. The number of benzene rings is 2. The van der Waals surface area contributed by atoms with Crippen LogP contribution in [-0.4, -0.2) is 17.9 Å². The summed E-state index contributed by atoms with van der Waals surface area (Å²) in [6, 6.07) is 11.7. The standard InChI is InChI=1S/C16H18N2O3/c1-11-3-8-15(12(2)9-11)21-10-17-16(20)18-13-4-6-14(19)7-5-13/h3-9,19H,10H2,1-2H3,(H2,17,18,20). The molecule has 0 aliphatic rings. The summed E-state index contributed by atoms with van der Waals surface area (Å²) in [7, 11) is 0. The fraction of sp³-hybridized carbons (Fsp3) is 0.188. The van der Waals surface area contributed by atoms with Gasteiger partial charge in [-0.05, 0) is 49.7 Å². The van der Waals surface area contributed by atoms with Gasteiger partial charge in [-0.3, -0.25) is 0 Å². The Morgan fingerprint density at radius 2 is 1.86 bits per heavy atom. The van der Waals surface area contributed by atoms with Gasteiger partial charge in [-0.2, -0.15) is 0 Å². The third-order valence-electron chi connectivity index (χ3n) is 2.92. The topological polar surface area (TPSA) is 70.6 Å². The molecule has 2 rings (SSSR count). The van der Waals surface area contributed by atoms with Crippen LogP contribution in [-0.2, 0) is 0 Å². The number of urea groups is 1. The van der Waals surface area contributed by atoms with Gasteiger partial charge in [-0.15, -0.1) is 0 Å². The zero-order chi connectivity index (χ0) is 15.2. The van der Waals surface area contributed by atoms with E-state index >= 15 is 0 Å². The van der Waals surface area contributed by atoms with E-state index in [9.17, 15) is 4.79 Å². The first-order valence-corrected chi connectivity index (χ1v) is 6.58. The van der Waals surface area contributed by atoms with Crippen LogP contribution in [0, 0.1) is 13.8 Å². The fourth-order valence-electron chi connectivity index (χ4n) is 1.86. The lowest BCUT2D eigenvalue weighted by molar-refractivity contribution is 0.234. The number of hydrogen-bond donors (Lipinski definition) is 3. The lowest BCUT2D eigenvalue weighted by Gasteiger charge is -2.11. The highest BCUT2D eigenvalue weighted by Crippen LogP contribution is 2.18. The molecule has 0 spiro atoms. The second-order valence-corrected chi connectivity index (χ2v) is 4.74. The Morgan fingerprint density at radius 3 is 2.52 bits per heavy atom. The van der Waals surface area contributed by atoms with Gasteiger partial charge in [0.25, 0.3) is 0 Å². The van der Waals surface area contributed by atoms with E-state index < -0.39 is 0 Å². The van der Waals surface area contributed by atoms with E-state index in [1.807, 2.05) is 32.0 Å². The summed E-state index contributed by atoms with van der Waals surface area (Å²) in [5.41, 5.74) is 2.78. The Hall–Kier alpha value is -2.69. The van der Waals surface area contributed by atoms with Gasteiger partial charge in [0.15, 0.2) is 6.73 Å². The number of hydrogen-bond acceptors (Lipinski definition) is 3. The molecule has 0 saturated heterocycles. The molecule has 0 unspecified atom stereocenters. The van der Waals surface area contributed by atoms with Crippen LogP contribution >= 0.6 is 0 Å². The van der Waals surface area contributed by atoms with Crippen LogP contribution in [0.2, 0.25) is 0 Å². The maximum Gasteiger partial charge on any atom is 0.321 e. The van der Waals surface area contributed by atoms with Gasteiger partial charge in [0, 0.05) is 5.69 Å². The lowest BCUT2D eigenvalue weighted by Crippen LogP contribution is -2.32. The number of phenolic OH excluding ortho intramolecular Hbond substituents is 1. The Bertz CT molecular complexity index is 624. The smallest absolute Gasteiger partial charge is 0.321 e. The summed E-state index contributed by atoms with van der Waals surface area (Å²) in [4.78, 5) is 11.7. The molecule has 3 N–H and O–H groups in total. The van der Waals surface area contributed by atoms with Crippen LogP contribution < -0.4 is 15.4 Å². The average Bonchev–Trinajstić information content (AvgIpc) is 2.44. The third-order valence-corrected chi connectivity index (χ3v) is 2.92. The van der Waals surface area contributed by atoms with Crippen LogP contribution in [0.5, 0.6) is 11.5 Å². The number of ether oxygens (including phenoxy) is 1. The molecule has 5 nitrogen and oxygen atoms in total. The van der Waals surface area contributed by atoms with Gasteiger partial charge >= 0.3 is 6.03 Å². The van der Waals surface area contributed by atoms with E-state index in [2.05, 4.69) is 10.6 Å². The predicted molar refractivity (Wildman–Crippen MR) is 81.7 cm³/mol. The largest absolute Gasteiger partial charge is 0.508 e. The van der Waals surface area contributed by atoms with E-state index in [1.54, 1.807) is 12.1 Å². The normalized spacial score (nSPS) is 10.0. The minimum Gasteiger partial charge on any atom is -0.508 e. The van der Waals surface area contributed by atoms with Crippen molar-refractivity contribution in [1.82, 2.24) is 5.32 Å². The summed E-state index contributed by atoms with van der Waals surface area (Å²) in [6.07, 6.45) is 0. The maximum atomic E-state index is 11.7. The summed E-state index contributed by atoms with van der Waals surface area (Å²) in [5, 5.41) is 14.4. The number of phenols is 1. The maximum absolute atomic E-state index is 11.7. The number of aryl methyl sites for hydroxylation is 2. The van der Waals surface area contributed by atoms with Crippen molar-refractivity contribution < 1.29 is 14.6 Å². The highest BCUT2D eigenvalue weighted by molar-refractivity contribution is 5.89. The minimum atomic E-state index is -0.370.